The number of hydrogen-bond donors (Lipinski definition) is 0. The summed E-state index contributed by atoms with van der Waals surface area (Å²) in [5, 5.41) is 8.89. The van der Waals surface area contributed by atoms with Crippen LogP contribution in [0.15, 0.2) is 0 Å². The summed E-state index contributed by atoms with van der Waals surface area (Å²) in [7, 11) is 0. The quantitative estimate of drug-likeness (QED) is 0.359. The largest absolute Gasteiger partial charge is 1.00 e. The van der Waals surface area contributed by atoms with Crippen LogP contribution in [0.2, 0.25) is 0 Å². The lowest BCUT2D eigenvalue weighted by atomic mass is 10.9. The summed E-state index contributed by atoms with van der Waals surface area (Å²) in [5.74, 6) is -1.08. The molecule has 0 saturated carbocycles. The number of rotatable bonds is 0. The second kappa shape index (κ2) is 4.20. The maximum absolute atomic E-state index is 8.89. The van der Waals surface area contributed by atoms with Crippen LogP contribution < -0.4 is 29.1 Å². The molecular weight excluding hydrogens is 183 g/mol. The molecule has 0 amide bonds. The summed E-state index contributed by atoms with van der Waals surface area (Å²) in [6, 6.07) is 0. The van der Waals surface area contributed by atoms with E-state index >= 15 is 0 Å². The zero-order chi connectivity index (χ0) is 3.58. The lowest BCUT2D eigenvalue weighted by Gasteiger charge is -1.77. The van der Waals surface area contributed by atoms with Crippen molar-refractivity contribution in [3.8, 4) is 0 Å². The van der Waals surface area contributed by atoms with E-state index in [0.29, 0.717) is 0 Å². The number of carbonyl (C=O) groups excluding carboxylic acids is 1. The fraction of sp³-hybridized carbons (Fsp3) is 0.500. The molecule has 0 aromatic carbocycles. The van der Waals surface area contributed by atoms with Crippen LogP contribution in [0.5, 0.6) is 0 Å². The Morgan fingerprint density at radius 1 is 1.80 bits per heavy atom. The molecule has 0 saturated heterocycles. The van der Waals surface area contributed by atoms with Gasteiger partial charge >= 0.3 is 24.0 Å². The molecule has 0 bridgehead atoms. The third-order valence-corrected chi connectivity index (χ3v) is 0. The third kappa shape index (κ3) is 508. The molecule has 3 heteroatoms. The summed E-state index contributed by atoms with van der Waals surface area (Å²) < 4.78 is 0. The monoisotopic (exact) mass is 186 g/mol. The highest BCUT2D eigenvalue weighted by Gasteiger charge is 1.46. The van der Waals surface area contributed by atoms with Crippen molar-refractivity contribution >= 4 is 5.97 Å². The number of carboxylic acids is 1. The average Bonchev–Trinajstić information content (AvgIpc) is 0.811. The molecule has 0 unspecified atom stereocenters. The van der Waals surface area contributed by atoms with Gasteiger partial charge in [0.2, 0.25) is 0 Å². The first kappa shape index (κ1) is 8.96. The molecule has 0 atom stereocenters. The van der Waals surface area contributed by atoms with E-state index < -0.39 is 5.97 Å². The standard InChI is InChI=1S/C2H4O2.I/c1-2(3)4;/h1H3,(H,3,4);/q;+1/p-1. The molecule has 0 aromatic heterocycles. The Morgan fingerprint density at radius 2 is 1.80 bits per heavy atom. The number of carboxylic acid groups (broad SMARTS) is 1. The van der Waals surface area contributed by atoms with Crippen LogP contribution in [0.1, 0.15) is 6.92 Å². The molecule has 0 aliphatic rings. The molecule has 0 aliphatic heterocycles. The molecule has 2 radical (unpaired) electrons. The number of halogens is 1. The van der Waals surface area contributed by atoms with E-state index in [1.807, 2.05) is 0 Å². The van der Waals surface area contributed by atoms with Gasteiger partial charge in [0.15, 0.2) is 0 Å². The molecule has 5 heavy (non-hydrogen) atoms. The molecule has 30 valence electrons. The number of hydrogen-bond acceptors (Lipinski definition) is 2. The van der Waals surface area contributed by atoms with Gasteiger partial charge in [-0.2, -0.15) is 0 Å². The van der Waals surface area contributed by atoms with Gasteiger partial charge in [0.25, 0.3) is 0 Å². The van der Waals surface area contributed by atoms with E-state index in [1.54, 1.807) is 0 Å². The molecule has 0 aromatic rings. The first-order chi connectivity index (χ1) is 1.73. The van der Waals surface area contributed by atoms with Crippen molar-refractivity contribution in [3.63, 3.8) is 0 Å². The summed E-state index contributed by atoms with van der Waals surface area (Å²) >= 11 is 0. The van der Waals surface area contributed by atoms with Crippen LogP contribution in [0.25, 0.3) is 0 Å². The minimum absolute atomic E-state index is 0. The lowest BCUT2D eigenvalue weighted by Crippen LogP contribution is -3.00. The van der Waals surface area contributed by atoms with Crippen LogP contribution in [-0.2, 0) is 4.79 Å². The van der Waals surface area contributed by atoms with Crippen molar-refractivity contribution in [1.29, 1.82) is 0 Å². The van der Waals surface area contributed by atoms with Crippen molar-refractivity contribution in [2.24, 2.45) is 0 Å². The van der Waals surface area contributed by atoms with Gasteiger partial charge in [0.1, 0.15) is 0 Å². The average molecular weight is 186 g/mol. The van der Waals surface area contributed by atoms with E-state index in [2.05, 4.69) is 0 Å². The van der Waals surface area contributed by atoms with Crippen molar-refractivity contribution in [1.82, 2.24) is 0 Å². The summed E-state index contributed by atoms with van der Waals surface area (Å²) in [6.07, 6.45) is 0. The predicted octanol–water partition coefficient (Wildman–Crippen LogP) is -4.24. The van der Waals surface area contributed by atoms with Gasteiger partial charge < -0.3 is 9.90 Å². The highest BCUT2D eigenvalue weighted by molar-refractivity contribution is 5.60. The van der Waals surface area contributed by atoms with E-state index in [1.165, 1.54) is 0 Å². The molecule has 0 heterocycles. The lowest BCUT2D eigenvalue weighted by molar-refractivity contribution is -0.302. The minimum atomic E-state index is -1.08. The second-order valence-electron chi connectivity index (χ2n) is 0.492. The van der Waals surface area contributed by atoms with Crippen molar-refractivity contribution in [2.75, 3.05) is 0 Å². The molecular formula is C2H3IO2. The Bertz CT molecular complexity index is 30.6. The molecule has 2 nitrogen and oxygen atoms in total. The third-order valence-electron chi connectivity index (χ3n) is 0. The van der Waals surface area contributed by atoms with Crippen LogP contribution in [0, 0.1) is 0 Å². The topological polar surface area (TPSA) is 40.1 Å². The Morgan fingerprint density at radius 3 is 1.80 bits per heavy atom. The van der Waals surface area contributed by atoms with Gasteiger partial charge in [-0.05, 0) is 6.92 Å². The predicted molar refractivity (Wildman–Crippen MR) is 10.7 cm³/mol. The zero-order valence-electron chi connectivity index (χ0n) is 2.69. The van der Waals surface area contributed by atoms with Crippen LogP contribution >= 0.6 is 0 Å². The first-order valence-electron chi connectivity index (χ1n) is 0.908. The highest BCUT2D eigenvalue weighted by atomic mass is 127. The fourth-order valence-corrected chi connectivity index (χ4v) is 0. The summed E-state index contributed by atoms with van der Waals surface area (Å²) in [5.41, 5.74) is 0. The van der Waals surface area contributed by atoms with Gasteiger partial charge in [-0.3, -0.25) is 0 Å². The number of aliphatic carboxylic acids is 1. The number of carbonyl (C=O) groups is 1. The summed E-state index contributed by atoms with van der Waals surface area (Å²) in [6.45, 7) is 0.972. The fourth-order valence-electron chi connectivity index (χ4n) is 0. The van der Waals surface area contributed by atoms with E-state index in [0.717, 1.165) is 6.92 Å². The van der Waals surface area contributed by atoms with Crippen LogP contribution in [0.3, 0.4) is 0 Å². The summed E-state index contributed by atoms with van der Waals surface area (Å²) in [4.78, 5) is 8.89. The van der Waals surface area contributed by atoms with Gasteiger partial charge in [0.05, 0.1) is 0 Å². The zero-order valence-corrected chi connectivity index (χ0v) is 4.85. The molecule has 0 spiro atoms. The molecule has 0 fully saturated rings. The normalized spacial score (nSPS) is 5.00. The highest BCUT2D eigenvalue weighted by Crippen LogP contribution is 1.31. The van der Waals surface area contributed by atoms with E-state index in [9.17, 15) is 0 Å². The van der Waals surface area contributed by atoms with Gasteiger partial charge in [0, 0.05) is 5.97 Å². The second-order valence-corrected chi connectivity index (χ2v) is 0.492. The first-order valence-corrected chi connectivity index (χ1v) is 0.908. The maximum atomic E-state index is 8.89. The Kier molecular flexibility index (Phi) is 7.52. The van der Waals surface area contributed by atoms with Crippen LogP contribution in [0.4, 0.5) is 0 Å². The maximum Gasteiger partial charge on any atom is 1.00 e. The Labute approximate surface area is 47.2 Å². The molecule has 0 aliphatic carbocycles. The Balaban J connectivity index is 0. The SMILES string of the molecule is CC(=O)[O-].[I+]. The van der Waals surface area contributed by atoms with Crippen molar-refractivity contribution in [2.45, 2.75) is 6.92 Å². The van der Waals surface area contributed by atoms with Gasteiger partial charge in [-0.15, -0.1) is 0 Å². The van der Waals surface area contributed by atoms with E-state index in [4.69, 9.17) is 9.90 Å². The van der Waals surface area contributed by atoms with E-state index in [-0.39, 0.29) is 24.0 Å². The Hall–Kier alpha value is 0.200. The molecule has 0 N–H and O–H groups in total. The van der Waals surface area contributed by atoms with Crippen molar-refractivity contribution < 1.29 is 33.9 Å². The van der Waals surface area contributed by atoms with Gasteiger partial charge in [-0.1, -0.05) is 0 Å². The van der Waals surface area contributed by atoms with Crippen LogP contribution in [-0.4, -0.2) is 5.97 Å². The molecule has 0 rings (SSSR count). The van der Waals surface area contributed by atoms with Crippen molar-refractivity contribution in [3.05, 3.63) is 0 Å². The smallest absolute Gasteiger partial charge is 0.550 e. The van der Waals surface area contributed by atoms with Gasteiger partial charge in [-0.25, -0.2) is 0 Å². The minimum Gasteiger partial charge on any atom is -0.550 e.